The van der Waals surface area contributed by atoms with Crippen molar-refractivity contribution in [2.45, 2.75) is 37.8 Å². The number of rotatable bonds is 7. The average molecular weight is 506 g/mol. The molecule has 2 N–H and O–H groups in total. The zero-order valence-electron chi connectivity index (χ0n) is 19.8. The third-order valence-electron chi connectivity index (χ3n) is 6.75. The van der Waals surface area contributed by atoms with Crippen LogP contribution in [0.15, 0.2) is 66.9 Å². The van der Waals surface area contributed by atoms with E-state index in [0.717, 1.165) is 34.9 Å². The zero-order chi connectivity index (χ0) is 25.9. The number of fused-ring (bicyclic) bond motifs is 1. The van der Waals surface area contributed by atoms with Crippen LogP contribution in [0.1, 0.15) is 53.0 Å². The largest absolute Gasteiger partial charge is 0.330 e. The summed E-state index contributed by atoms with van der Waals surface area (Å²) >= 11 is 0. The van der Waals surface area contributed by atoms with Crippen molar-refractivity contribution in [2.24, 2.45) is 0 Å². The van der Waals surface area contributed by atoms with E-state index >= 15 is 0 Å². The van der Waals surface area contributed by atoms with Gasteiger partial charge in [-0.25, -0.2) is 18.9 Å². The molecule has 0 unspecified atom stereocenters. The molecule has 0 aliphatic carbocycles. The quantitative estimate of drug-likeness (QED) is 0.287. The van der Waals surface area contributed by atoms with Crippen molar-refractivity contribution in [1.29, 1.82) is 0 Å². The third kappa shape index (κ3) is 5.19. The van der Waals surface area contributed by atoms with Crippen LogP contribution in [-0.2, 0) is 11.2 Å². The second kappa shape index (κ2) is 10.4. The smallest absolute Gasteiger partial charge is 0.254 e. The monoisotopic (exact) mass is 505 g/mol. The Kier molecular flexibility index (Phi) is 6.91. The molecular weight excluding hydrogens is 480 g/mol. The molecule has 37 heavy (non-hydrogen) atoms. The van der Waals surface area contributed by atoms with Crippen LogP contribution in [0, 0.1) is 11.6 Å². The van der Waals surface area contributed by atoms with Crippen molar-refractivity contribution in [3.63, 3.8) is 0 Å². The van der Waals surface area contributed by atoms with E-state index in [4.69, 9.17) is 5.21 Å². The van der Waals surface area contributed by atoms with E-state index in [-0.39, 0.29) is 18.0 Å². The van der Waals surface area contributed by atoms with Crippen molar-refractivity contribution in [3.05, 3.63) is 95.3 Å². The number of halogens is 2. The summed E-state index contributed by atoms with van der Waals surface area (Å²) in [6, 6.07) is 16.3. The molecule has 2 atom stereocenters. The fraction of sp³-hybridized carbons (Fsp3) is 0.259. The van der Waals surface area contributed by atoms with Gasteiger partial charge < -0.3 is 4.90 Å². The number of nitrogens with one attached hydrogen (secondary N) is 1. The Hall–Kier alpha value is -4.18. The molecule has 0 spiro atoms. The van der Waals surface area contributed by atoms with Crippen molar-refractivity contribution in [1.82, 2.24) is 25.4 Å². The van der Waals surface area contributed by atoms with Crippen molar-refractivity contribution in [3.8, 4) is 0 Å². The highest BCUT2D eigenvalue weighted by Crippen LogP contribution is 2.33. The Morgan fingerprint density at radius 1 is 1.05 bits per heavy atom. The average Bonchev–Trinajstić information content (AvgIpc) is 3.59. The Labute approximate surface area is 211 Å². The summed E-state index contributed by atoms with van der Waals surface area (Å²) < 4.78 is 28.6. The number of carbonyl (C=O) groups excluding carboxylic acids is 2. The number of amides is 2. The van der Waals surface area contributed by atoms with Crippen molar-refractivity contribution < 1.29 is 23.6 Å². The molecule has 3 aromatic carbocycles. The first kappa shape index (κ1) is 24.5. The Morgan fingerprint density at radius 2 is 1.86 bits per heavy atom. The van der Waals surface area contributed by atoms with Gasteiger partial charge in [0.05, 0.1) is 24.7 Å². The molecule has 1 fully saturated rings. The highest BCUT2D eigenvalue weighted by Gasteiger charge is 2.33. The summed E-state index contributed by atoms with van der Waals surface area (Å²) in [5.74, 6) is -3.06. The van der Waals surface area contributed by atoms with Crippen LogP contribution in [0.5, 0.6) is 0 Å². The zero-order valence-corrected chi connectivity index (χ0v) is 19.8. The molecule has 0 radical (unpaired) electrons. The van der Waals surface area contributed by atoms with Crippen LogP contribution >= 0.6 is 0 Å². The lowest BCUT2D eigenvalue weighted by atomic mass is 10.00. The van der Waals surface area contributed by atoms with E-state index in [0.29, 0.717) is 25.1 Å². The lowest BCUT2D eigenvalue weighted by Crippen LogP contribution is -2.31. The number of hydrogen-bond donors (Lipinski definition) is 2. The molecule has 190 valence electrons. The number of hydrogen-bond acceptors (Lipinski definition) is 5. The van der Waals surface area contributed by atoms with E-state index in [2.05, 4.69) is 16.4 Å². The summed E-state index contributed by atoms with van der Waals surface area (Å²) in [5, 5.41) is 19.8. The van der Waals surface area contributed by atoms with E-state index < -0.39 is 29.5 Å². The summed E-state index contributed by atoms with van der Waals surface area (Å²) in [4.78, 5) is 26.7. The number of benzene rings is 3. The summed E-state index contributed by atoms with van der Waals surface area (Å²) in [6.07, 6.45) is 3.50. The van der Waals surface area contributed by atoms with Gasteiger partial charge in [0, 0.05) is 12.1 Å². The maximum absolute atomic E-state index is 13.7. The topological polar surface area (TPSA) is 100 Å². The first-order valence-corrected chi connectivity index (χ1v) is 12.0. The van der Waals surface area contributed by atoms with Gasteiger partial charge in [-0.15, -0.1) is 5.10 Å². The maximum Gasteiger partial charge on any atom is 0.254 e. The fourth-order valence-corrected chi connectivity index (χ4v) is 4.89. The second-order valence-electron chi connectivity index (χ2n) is 9.19. The number of aromatic nitrogens is 3. The highest BCUT2D eigenvalue weighted by atomic mass is 19.2. The number of nitrogens with zero attached hydrogens (tertiary/aromatic N) is 4. The molecule has 0 saturated carbocycles. The number of carbonyl (C=O) groups is 2. The molecule has 1 aliphatic heterocycles. The van der Waals surface area contributed by atoms with E-state index in [1.165, 1.54) is 6.07 Å². The predicted molar refractivity (Wildman–Crippen MR) is 131 cm³/mol. The SMILES string of the molecule is O=C(C[C@@H](Cc1ccc2ccccc2c1)n1cc([C@@H]2CCCN2C(=O)c2ccc(F)c(F)c2)nn1)NO. The summed E-state index contributed by atoms with van der Waals surface area (Å²) in [6.45, 7) is 0.447. The normalized spacial score (nSPS) is 16.2. The van der Waals surface area contributed by atoms with Crippen molar-refractivity contribution >= 4 is 22.6 Å². The third-order valence-corrected chi connectivity index (χ3v) is 6.75. The van der Waals surface area contributed by atoms with Gasteiger partial charge in [0.1, 0.15) is 5.69 Å². The first-order valence-electron chi connectivity index (χ1n) is 12.0. The minimum atomic E-state index is -1.08. The van der Waals surface area contributed by atoms with Crippen LogP contribution in [-0.4, -0.2) is 43.5 Å². The molecule has 5 rings (SSSR count). The Balaban J connectivity index is 1.39. The van der Waals surface area contributed by atoms with Crippen molar-refractivity contribution in [2.75, 3.05) is 6.54 Å². The fourth-order valence-electron chi connectivity index (χ4n) is 4.89. The minimum Gasteiger partial charge on any atom is -0.330 e. The molecule has 2 amide bonds. The standard InChI is InChI=1S/C27H25F2N5O3/c28-22-10-9-20(14-23(22)29)27(36)33-11-3-6-25(33)24-16-34(32-30-24)21(15-26(35)31-37)13-17-7-8-18-4-1-2-5-19(18)12-17/h1-2,4-5,7-10,12,14,16,21,25,37H,3,6,11,13,15H2,(H,31,35)/t21-,25+/m1/s1. The Bertz CT molecular complexity index is 1460. The molecule has 4 aromatic rings. The molecule has 8 nitrogen and oxygen atoms in total. The van der Waals surface area contributed by atoms with Crippen LogP contribution in [0.4, 0.5) is 8.78 Å². The first-order chi connectivity index (χ1) is 17.9. The molecule has 1 aromatic heterocycles. The van der Waals surface area contributed by atoms with Gasteiger partial charge in [-0.2, -0.15) is 0 Å². The molecule has 0 bridgehead atoms. The van der Waals surface area contributed by atoms with Gasteiger partial charge in [-0.05, 0) is 53.8 Å². The maximum atomic E-state index is 13.7. The lowest BCUT2D eigenvalue weighted by molar-refractivity contribution is -0.130. The van der Waals surface area contributed by atoms with Crippen LogP contribution in [0.25, 0.3) is 10.8 Å². The molecule has 1 aliphatic rings. The minimum absolute atomic E-state index is 0.0334. The van der Waals surface area contributed by atoms with Crippen LogP contribution in [0.3, 0.4) is 0 Å². The van der Waals surface area contributed by atoms with Gasteiger partial charge in [0.25, 0.3) is 5.91 Å². The number of hydroxylamine groups is 1. The van der Waals surface area contributed by atoms with E-state index in [1.807, 2.05) is 36.4 Å². The molecule has 1 saturated heterocycles. The van der Waals surface area contributed by atoms with Gasteiger partial charge in [-0.3, -0.25) is 14.8 Å². The Morgan fingerprint density at radius 3 is 2.65 bits per heavy atom. The summed E-state index contributed by atoms with van der Waals surface area (Å²) in [5.41, 5.74) is 3.27. The number of likely N-dealkylation sites (tertiary alicyclic amines) is 1. The van der Waals surface area contributed by atoms with Crippen LogP contribution < -0.4 is 5.48 Å². The van der Waals surface area contributed by atoms with Gasteiger partial charge in [0.15, 0.2) is 11.6 Å². The summed E-state index contributed by atoms with van der Waals surface area (Å²) in [7, 11) is 0. The van der Waals surface area contributed by atoms with Gasteiger partial charge >= 0.3 is 0 Å². The van der Waals surface area contributed by atoms with Crippen LogP contribution in [0.2, 0.25) is 0 Å². The molecule has 2 heterocycles. The van der Waals surface area contributed by atoms with Gasteiger partial charge in [0.2, 0.25) is 5.91 Å². The predicted octanol–water partition coefficient (Wildman–Crippen LogP) is 4.37. The second-order valence-corrected chi connectivity index (χ2v) is 9.19. The van der Waals surface area contributed by atoms with E-state index in [1.54, 1.807) is 21.3 Å². The molecule has 10 heteroatoms. The molecular formula is C27H25F2N5O3. The van der Waals surface area contributed by atoms with Gasteiger partial charge in [-0.1, -0.05) is 47.7 Å². The van der Waals surface area contributed by atoms with E-state index in [9.17, 15) is 18.4 Å². The highest BCUT2D eigenvalue weighted by molar-refractivity contribution is 5.94. The lowest BCUT2D eigenvalue weighted by Gasteiger charge is -2.23.